The van der Waals surface area contributed by atoms with Crippen molar-refractivity contribution in [3.63, 3.8) is 0 Å². The molecule has 0 aliphatic heterocycles. The summed E-state index contributed by atoms with van der Waals surface area (Å²) in [4.78, 5) is 4.31. The zero-order valence-electron chi connectivity index (χ0n) is 9.87. The highest BCUT2D eigenvalue weighted by Crippen LogP contribution is 2.26. The molecule has 4 N–H and O–H groups in total. The van der Waals surface area contributed by atoms with Gasteiger partial charge in [0.1, 0.15) is 0 Å². The first-order valence-corrected chi connectivity index (χ1v) is 7.14. The predicted molar refractivity (Wildman–Crippen MR) is 82.1 cm³/mol. The number of hydrogen-bond acceptors (Lipinski definition) is 3. The lowest BCUT2D eigenvalue weighted by Crippen LogP contribution is -1.98. The summed E-state index contributed by atoms with van der Waals surface area (Å²) in [6, 6.07) is 6.11. The minimum atomic E-state index is 0.0477. The fourth-order valence-corrected chi connectivity index (χ4v) is 2.37. The lowest BCUT2D eigenvalue weighted by molar-refractivity contribution is 0.787. The van der Waals surface area contributed by atoms with Crippen LogP contribution in [0.1, 0.15) is 18.4 Å². The van der Waals surface area contributed by atoms with E-state index in [4.69, 9.17) is 23.1 Å². The van der Waals surface area contributed by atoms with E-state index in [0.717, 1.165) is 30.2 Å². The molecule has 0 saturated carbocycles. The molecule has 1 aromatic carbocycles. The lowest BCUT2D eigenvalue weighted by atomic mass is 10.1. The summed E-state index contributed by atoms with van der Waals surface area (Å²) in [6.07, 6.45) is 4.57. The van der Waals surface area contributed by atoms with Crippen molar-refractivity contribution in [3.05, 3.63) is 30.0 Å². The van der Waals surface area contributed by atoms with Gasteiger partial charge >= 0.3 is 0 Å². The van der Waals surface area contributed by atoms with Gasteiger partial charge < -0.3 is 11.5 Å². The number of nitrogens with two attached hydrogens (primary N) is 2. The van der Waals surface area contributed by atoms with Crippen LogP contribution in [0, 0.1) is 0 Å². The Bertz CT molecular complexity index is 557. The van der Waals surface area contributed by atoms with Crippen molar-refractivity contribution in [1.29, 1.82) is 0 Å². The maximum Gasteiger partial charge on any atom is 0.0886 e. The second-order valence-corrected chi connectivity index (χ2v) is 6.42. The summed E-state index contributed by atoms with van der Waals surface area (Å²) in [5.41, 5.74) is 14.9. The highest BCUT2D eigenvalue weighted by molar-refractivity contribution is 9.10. The van der Waals surface area contributed by atoms with Gasteiger partial charge in [-0.05, 0) is 30.9 Å². The fourth-order valence-electron chi connectivity index (χ4n) is 1.89. The van der Waals surface area contributed by atoms with Gasteiger partial charge in [0.05, 0.1) is 27.4 Å². The molecule has 0 radical (unpaired) electrons. The largest absolute Gasteiger partial charge is 0.396 e. The van der Waals surface area contributed by atoms with Crippen LogP contribution in [0.2, 0.25) is 0 Å². The van der Waals surface area contributed by atoms with Crippen molar-refractivity contribution in [3.8, 4) is 0 Å². The number of hydrogen-bond donors (Lipinski definition) is 2. The molecule has 5 heteroatoms. The standard InChI is InChI=1S/C13H15BrClN3/c14-12(15)3-1-2-8-4-5-9-11(6-8)18-7-10(16)13(9)17/h4-7,12H,1-3,16H2,(H2,17,18). The molecule has 0 fully saturated rings. The number of nitrogen functional groups attached to an aromatic ring is 2. The Balaban J connectivity index is 2.20. The highest BCUT2D eigenvalue weighted by Gasteiger charge is 2.05. The maximum absolute atomic E-state index is 5.92. The van der Waals surface area contributed by atoms with Crippen molar-refractivity contribution >= 4 is 49.8 Å². The number of nitrogens with zero attached hydrogens (tertiary/aromatic N) is 1. The van der Waals surface area contributed by atoms with E-state index >= 15 is 0 Å². The molecule has 0 aliphatic rings. The Morgan fingerprint density at radius 3 is 2.83 bits per heavy atom. The molecular weight excluding hydrogens is 314 g/mol. The molecule has 0 amide bonds. The summed E-state index contributed by atoms with van der Waals surface area (Å²) in [5.74, 6) is 0. The number of benzene rings is 1. The summed E-state index contributed by atoms with van der Waals surface area (Å²) in [6.45, 7) is 0. The van der Waals surface area contributed by atoms with Crippen LogP contribution in [0.3, 0.4) is 0 Å². The van der Waals surface area contributed by atoms with Gasteiger partial charge in [-0.15, -0.1) is 11.6 Å². The number of halogens is 2. The molecule has 0 spiro atoms. The number of pyridine rings is 1. The van der Waals surface area contributed by atoms with Crippen LogP contribution < -0.4 is 11.5 Å². The summed E-state index contributed by atoms with van der Waals surface area (Å²) in [5, 5.41) is 0.912. The molecule has 2 aromatic rings. The molecule has 1 heterocycles. The molecule has 1 atom stereocenters. The van der Waals surface area contributed by atoms with Gasteiger partial charge in [-0.3, -0.25) is 4.98 Å². The molecule has 1 aromatic heterocycles. The Morgan fingerprint density at radius 2 is 2.11 bits per heavy atom. The topological polar surface area (TPSA) is 64.9 Å². The van der Waals surface area contributed by atoms with Gasteiger partial charge in [0.15, 0.2) is 0 Å². The third-order valence-corrected chi connectivity index (χ3v) is 3.57. The minimum absolute atomic E-state index is 0.0477. The summed E-state index contributed by atoms with van der Waals surface area (Å²) < 4.78 is 0.0477. The van der Waals surface area contributed by atoms with Crippen LogP contribution in [-0.4, -0.2) is 9.27 Å². The van der Waals surface area contributed by atoms with Crippen molar-refractivity contribution < 1.29 is 0 Å². The van der Waals surface area contributed by atoms with Gasteiger partial charge in [0.25, 0.3) is 0 Å². The molecular formula is C13H15BrClN3. The highest BCUT2D eigenvalue weighted by atomic mass is 79.9. The average molecular weight is 329 g/mol. The zero-order chi connectivity index (χ0) is 13.1. The van der Waals surface area contributed by atoms with Crippen LogP contribution in [-0.2, 0) is 6.42 Å². The Morgan fingerprint density at radius 1 is 1.33 bits per heavy atom. The molecule has 96 valence electrons. The van der Waals surface area contributed by atoms with Crippen molar-refractivity contribution in [2.24, 2.45) is 0 Å². The summed E-state index contributed by atoms with van der Waals surface area (Å²) >= 11 is 9.18. The van der Waals surface area contributed by atoms with Gasteiger partial charge in [-0.25, -0.2) is 0 Å². The summed E-state index contributed by atoms with van der Waals surface area (Å²) in [7, 11) is 0. The maximum atomic E-state index is 5.92. The number of aryl methyl sites for hydroxylation is 1. The second kappa shape index (κ2) is 5.76. The average Bonchev–Trinajstić information content (AvgIpc) is 2.33. The van der Waals surface area contributed by atoms with Gasteiger partial charge in [-0.1, -0.05) is 28.1 Å². The van der Waals surface area contributed by atoms with Crippen LogP contribution in [0.25, 0.3) is 10.9 Å². The number of rotatable bonds is 4. The van der Waals surface area contributed by atoms with Crippen molar-refractivity contribution in [2.75, 3.05) is 11.5 Å². The van der Waals surface area contributed by atoms with E-state index < -0.39 is 0 Å². The fraction of sp³-hybridized carbons (Fsp3) is 0.308. The van der Waals surface area contributed by atoms with Crippen molar-refractivity contribution in [2.45, 2.75) is 23.5 Å². The quantitative estimate of drug-likeness (QED) is 0.841. The minimum Gasteiger partial charge on any atom is -0.396 e. The smallest absolute Gasteiger partial charge is 0.0886 e. The van der Waals surface area contributed by atoms with Crippen molar-refractivity contribution in [1.82, 2.24) is 4.98 Å². The number of alkyl halides is 2. The number of fused-ring (bicyclic) bond motifs is 1. The predicted octanol–water partition coefficient (Wildman–Crippen LogP) is 3.68. The molecule has 2 rings (SSSR count). The van der Waals surface area contributed by atoms with Crippen LogP contribution in [0.5, 0.6) is 0 Å². The Hall–Kier alpha value is -1.00. The normalized spacial score (nSPS) is 12.8. The first-order chi connectivity index (χ1) is 8.58. The third-order valence-electron chi connectivity index (χ3n) is 2.89. The van der Waals surface area contributed by atoms with Crippen LogP contribution >= 0.6 is 27.5 Å². The van der Waals surface area contributed by atoms with E-state index in [1.165, 1.54) is 5.56 Å². The van der Waals surface area contributed by atoms with E-state index in [2.05, 4.69) is 33.0 Å². The molecule has 3 nitrogen and oxygen atoms in total. The second-order valence-electron chi connectivity index (χ2n) is 4.26. The first kappa shape index (κ1) is 13.4. The van der Waals surface area contributed by atoms with E-state index in [0.29, 0.717) is 11.4 Å². The van der Waals surface area contributed by atoms with E-state index in [1.807, 2.05) is 6.07 Å². The van der Waals surface area contributed by atoms with E-state index in [-0.39, 0.29) is 4.29 Å². The van der Waals surface area contributed by atoms with Gasteiger partial charge in [0.2, 0.25) is 0 Å². The molecule has 1 unspecified atom stereocenters. The lowest BCUT2D eigenvalue weighted by Gasteiger charge is -2.07. The zero-order valence-corrected chi connectivity index (χ0v) is 12.2. The number of anilines is 2. The van der Waals surface area contributed by atoms with Gasteiger partial charge in [-0.2, -0.15) is 0 Å². The monoisotopic (exact) mass is 327 g/mol. The Labute approximate surface area is 120 Å². The van der Waals surface area contributed by atoms with E-state index in [1.54, 1.807) is 6.20 Å². The molecule has 0 aliphatic carbocycles. The molecule has 18 heavy (non-hydrogen) atoms. The first-order valence-electron chi connectivity index (χ1n) is 5.78. The molecule has 0 saturated heterocycles. The van der Waals surface area contributed by atoms with Gasteiger partial charge in [0, 0.05) is 5.39 Å². The number of aromatic nitrogens is 1. The van der Waals surface area contributed by atoms with E-state index in [9.17, 15) is 0 Å². The Kier molecular flexibility index (Phi) is 4.30. The van der Waals surface area contributed by atoms with Crippen LogP contribution in [0.15, 0.2) is 24.4 Å². The van der Waals surface area contributed by atoms with Crippen LogP contribution in [0.4, 0.5) is 11.4 Å². The third kappa shape index (κ3) is 3.06. The molecule has 0 bridgehead atoms. The SMILES string of the molecule is Nc1cnc2cc(CCCC(Cl)Br)ccc2c1N.